The number of aromatic carboxylic acids is 1. The van der Waals surface area contributed by atoms with Crippen LogP contribution in [-0.2, 0) is 18.0 Å². The first-order chi connectivity index (χ1) is 22.0. The van der Waals surface area contributed by atoms with Crippen LogP contribution in [0.25, 0.3) is 22.6 Å². The lowest BCUT2D eigenvalue weighted by molar-refractivity contribution is 0.0588. The molecule has 10 heteroatoms. The number of esters is 1. The fraction of sp³-hybridized carbons (Fsp3) is 0.0857. The van der Waals surface area contributed by atoms with E-state index >= 15 is 0 Å². The van der Waals surface area contributed by atoms with E-state index in [0.29, 0.717) is 24.7 Å². The summed E-state index contributed by atoms with van der Waals surface area (Å²) >= 11 is 0. The SMILES string of the molecule is COC(=O)c1cc(-c2ccc(OCc3ccccc3)cc2)on1.O=C(O)c1cc(-c2ccc(OCc3ccccc3)cc2)on1. The van der Waals surface area contributed by atoms with E-state index in [-0.39, 0.29) is 11.4 Å². The third-order valence-electron chi connectivity index (χ3n) is 6.41. The summed E-state index contributed by atoms with van der Waals surface area (Å²) < 4.78 is 26.2. The molecular formula is C35H28N2O8. The maximum absolute atomic E-state index is 11.4. The van der Waals surface area contributed by atoms with Gasteiger partial charge in [-0.1, -0.05) is 71.0 Å². The molecular weight excluding hydrogens is 576 g/mol. The molecule has 0 unspecified atom stereocenters. The van der Waals surface area contributed by atoms with Crippen LogP contribution in [0.1, 0.15) is 32.1 Å². The zero-order chi connectivity index (χ0) is 31.4. The summed E-state index contributed by atoms with van der Waals surface area (Å²) in [7, 11) is 1.30. The maximum atomic E-state index is 11.4. The molecule has 0 radical (unpaired) electrons. The summed E-state index contributed by atoms with van der Waals surface area (Å²) in [5, 5.41) is 16.0. The fourth-order valence-electron chi connectivity index (χ4n) is 4.04. The highest BCUT2D eigenvalue weighted by molar-refractivity contribution is 5.88. The molecule has 0 saturated heterocycles. The van der Waals surface area contributed by atoms with Crippen molar-refractivity contribution in [3.63, 3.8) is 0 Å². The number of aromatic nitrogens is 2. The number of nitrogens with zero attached hydrogens (tertiary/aromatic N) is 2. The number of carboxylic acid groups (broad SMARTS) is 1. The minimum Gasteiger partial charge on any atom is -0.489 e. The smallest absolute Gasteiger partial charge is 0.360 e. The van der Waals surface area contributed by atoms with E-state index in [1.165, 1.54) is 13.2 Å². The lowest BCUT2D eigenvalue weighted by Gasteiger charge is -2.06. The van der Waals surface area contributed by atoms with Crippen molar-refractivity contribution in [2.45, 2.75) is 13.2 Å². The van der Waals surface area contributed by atoms with Crippen LogP contribution in [0.15, 0.2) is 130 Å². The molecule has 4 aromatic carbocycles. The summed E-state index contributed by atoms with van der Waals surface area (Å²) in [4.78, 5) is 22.1. The van der Waals surface area contributed by atoms with E-state index in [2.05, 4.69) is 15.1 Å². The normalized spacial score (nSPS) is 10.3. The second-order valence-corrected chi connectivity index (χ2v) is 9.55. The van der Waals surface area contributed by atoms with Gasteiger partial charge in [-0.05, 0) is 59.7 Å². The highest BCUT2D eigenvalue weighted by Crippen LogP contribution is 2.25. The quantitative estimate of drug-likeness (QED) is 0.158. The Labute approximate surface area is 258 Å². The van der Waals surface area contributed by atoms with Gasteiger partial charge < -0.3 is 28.4 Å². The van der Waals surface area contributed by atoms with Crippen LogP contribution < -0.4 is 9.47 Å². The van der Waals surface area contributed by atoms with Gasteiger partial charge in [0.15, 0.2) is 22.9 Å². The number of ether oxygens (including phenoxy) is 3. The van der Waals surface area contributed by atoms with Crippen molar-refractivity contribution in [3.05, 3.63) is 144 Å². The number of methoxy groups -OCH3 is 1. The molecule has 6 rings (SSSR count). The van der Waals surface area contributed by atoms with Crippen molar-refractivity contribution in [1.29, 1.82) is 0 Å². The third kappa shape index (κ3) is 8.45. The first-order valence-corrected chi connectivity index (χ1v) is 13.8. The monoisotopic (exact) mass is 604 g/mol. The van der Waals surface area contributed by atoms with Gasteiger partial charge in [-0.3, -0.25) is 0 Å². The molecule has 2 aromatic heterocycles. The van der Waals surface area contributed by atoms with Crippen molar-refractivity contribution < 1.29 is 38.0 Å². The molecule has 0 aliphatic rings. The van der Waals surface area contributed by atoms with Gasteiger partial charge in [0, 0.05) is 23.3 Å². The predicted octanol–water partition coefficient (Wildman–Crippen LogP) is 7.33. The van der Waals surface area contributed by atoms with Gasteiger partial charge in [0.05, 0.1) is 7.11 Å². The van der Waals surface area contributed by atoms with Crippen LogP contribution in [-0.4, -0.2) is 34.5 Å². The first-order valence-electron chi connectivity index (χ1n) is 13.8. The van der Waals surface area contributed by atoms with Gasteiger partial charge in [0.25, 0.3) is 0 Å². The van der Waals surface area contributed by atoms with Crippen LogP contribution in [0.5, 0.6) is 11.5 Å². The summed E-state index contributed by atoms with van der Waals surface area (Å²) in [5.41, 5.74) is 3.78. The number of hydrogen-bond donors (Lipinski definition) is 1. The van der Waals surface area contributed by atoms with Gasteiger partial charge in [-0.15, -0.1) is 0 Å². The molecule has 0 aliphatic carbocycles. The van der Waals surface area contributed by atoms with Crippen molar-refractivity contribution in [2.24, 2.45) is 0 Å². The second kappa shape index (κ2) is 14.8. The fourth-order valence-corrected chi connectivity index (χ4v) is 4.04. The van der Waals surface area contributed by atoms with Crippen LogP contribution >= 0.6 is 0 Å². The van der Waals surface area contributed by atoms with E-state index in [1.54, 1.807) is 30.3 Å². The average molecular weight is 605 g/mol. The standard InChI is InChI=1S/C18H15NO4.C17H13NO4/c1-21-18(20)16-11-17(23-19-16)14-7-9-15(10-8-14)22-12-13-5-3-2-4-6-13;19-17(20)15-10-16(22-18-15)13-6-8-14(9-7-13)21-11-12-4-2-1-3-5-12/h2-11H,12H2,1H3;1-10H,11H2,(H,19,20). The van der Waals surface area contributed by atoms with Crippen molar-refractivity contribution in [2.75, 3.05) is 7.11 Å². The maximum Gasteiger partial charge on any atom is 0.360 e. The molecule has 0 atom stereocenters. The molecule has 6 aromatic rings. The molecule has 0 aliphatic heterocycles. The van der Waals surface area contributed by atoms with Gasteiger partial charge in [0.1, 0.15) is 24.7 Å². The van der Waals surface area contributed by atoms with Gasteiger partial charge >= 0.3 is 11.9 Å². The lowest BCUT2D eigenvalue weighted by Crippen LogP contribution is -2.00. The largest absolute Gasteiger partial charge is 0.489 e. The molecule has 0 fully saturated rings. The Balaban J connectivity index is 0.000000178. The van der Waals surface area contributed by atoms with E-state index in [1.807, 2.05) is 84.9 Å². The zero-order valence-electron chi connectivity index (χ0n) is 24.2. The number of carbonyl (C=O) groups is 2. The summed E-state index contributed by atoms with van der Waals surface area (Å²) in [6.07, 6.45) is 0. The Kier molecular flexibility index (Phi) is 9.99. The number of benzene rings is 4. The van der Waals surface area contributed by atoms with Crippen molar-refractivity contribution >= 4 is 11.9 Å². The van der Waals surface area contributed by atoms with E-state index in [9.17, 15) is 9.59 Å². The minimum atomic E-state index is -1.11. The third-order valence-corrected chi connectivity index (χ3v) is 6.41. The molecule has 0 amide bonds. The highest BCUT2D eigenvalue weighted by Gasteiger charge is 2.14. The molecule has 0 spiro atoms. The number of hydrogen-bond acceptors (Lipinski definition) is 9. The van der Waals surface area contributed by atoms with Crippen LogP contribution in [0.3, 0.4) is 0 Å². The Bertz CT molecular complexity index is 1810. The van der Waals surface area contributed by atoms with E-state index < -0.39 is 11.9 Å². The van der Waals surface area contributed by atoms with Gasteiger partial charge in [0.2, 0.25) is 0 Å². The zero-order valence-corrected chi connectivity index (χ0v) is 24.2. The topological polar surface area (TPSA) is 134 Å². The summed E-state index contributed by atoms with van der Waals surface area (Å²) in [6, 6.07) is 37.4. The molecule has 2 heterocycles. The van der Waals surface area contributed by atoms with Crippen LogP contribution in [0, 0.1) is 0 Å². The first kappa shape index (κ1) is 30.3. The second-order valence-electron chi connectivity index (χ2n) is 9.55. The summed E-state index contributed by atoms with van der Waals surface area (Å²) in [6.45, 7) is 1.00. The van der Waals surface area contributed by atoms with Crippen LogP contribution in [0.2, 0.25) is 0 Å². The van der Waals surface area contributed by atoms with Gasteiger partial charge in [-0.2, -0.15) is 0 Å². The highest BCUT2D eigenvalue weighted by atomic mass is 16.5. The Morgan fingerprint density at radius 1 is 0.622 bits per heavy atom. The van der Waals surface area contributed by atoms with Crippen LogP contribution in [0.4, 0.5) is 0 Å². The molecule has 0 saturated carbocycles. The van der Waals surface area contributed by atoms with Crippen molar-refractivity contribution in [1.82, 2.24) is 10.3 Å². The van der Waals surface area contributed by atoms with Crippen molar-refractivity contribution in [3.8, 4) is 34.1 Å². The average Bonchev–Trinajstić information content (AvgIpc) is 3.80. The molecule has 45 heavy (non-hydrogen) atoms. The Morgan fingerprint density at radius 2 is 1.04 bits per heavy atom. The van der Waals surface area contributed by atoms with E-state index in [0.717, 1.165) is 33.8 Å². The molecule has 10 nitrogen and oxygen atoms in total. The Hall–Kier alpha value is -6.16. The molecule has 0 bridgehead atoms. The number of rotatable bonds is 10. The van der Waals surface area contributed by atoms with Gasteiger partial charge in [-0.25, -0.2) is 9.59 Å². The number of carboxylic acids is 1. The number of carbonyl (C=O) groups excluding carboxylic acids is 1. The minimum absolute atomic E-state index is 0.112. The Morgan fingerprint density at radius 3 is 1.44 bits per heavy atom. The molecule has 226 valence electrons. The predicted molar refractivity (Wildman–Crippen MR) is 164 cm³/mol. The molecule has 1 N–H and O–H groups in total. The lowest BCUT2D eigenvalue weighted by atomic mass is 10.1. The summed E-state index contributed by atoms with van der Waals surface area (Å²) in [5.74, 6) is 0.753. The van der Waals surface area contributed by atoms with E-state index in [4.69, 9.17) is 23.6 Å².